The maximum Gasteiger partial charge on any atom is 0.256 e. The highest BCUT2D eigenvalue weighted by Crippen LogP contribution is 2.34. The molecule has 1 aliphatic heterocycles. The lowest BCUT2D eigenvalue weighted by molar-refractivity contribution is -0.116. The third-order valence-electron chi connectivity index (χ3n) is 5.07. The summed E-state index contributed by atoms with van der Waals surface area (Å²) in [4.78, 5) is 27.5. The van der Waals surface area contributed by atoms with Crippen LogP contribution in [0.1, 0.15) is 36.0 Å². The van der Waals surface area contributed by atoms with Crippen molar-refractivity contribution in [2.45, 2.75) is 25.7 Å². The van der Waals surface area contributed by atoms with Crippen molar-refractivity contribution in [3.05, 3.63) is 46.4 Å². The van der Waals surface area contributed by atoms with Crippen molar-refractivity contribution in [2.24, 2.45) is 0 Å². The summed E-state index contributed by atoms with van der Waals surface area (Å²) in [7, 11) is 3.03. The fourth-order valence-corrected chi connectivity index (χ4v) is 3.84. The largest absolute Gasteiger partial charge is 0.493 e. The maximum absolute atomic E-state index is 13.1. The number of halogens is 1. The monoisotopic (exact) mass is 490 g/mol. The van der Waals surface area contributed by atoms with Gasteiger partial charge in [-0.1, -0.05) is 22.0 Å². The van der Waals surface area contributed by atoms with Gasteiger partial charge in [0.25, 0.3) is 5.91 Å². The first kappa shape index (κ1) is 22.9. The number of carbonyl (C=O) groups is 2. The fourth-order valence-electron chi connectivity index (χ4n) is 3.46. The van der Waals surface area contributed by atoms with Crippen LogP contribution in [-0.4, -0.2) is 50.6 Å². The van der Waals surface area contributed by atoms with E-state index >= 15 is 0 Å². The number of hydrogen-bond acceptors (Lipinski definition) is 5. The van der Waals surface area contributed by atoms with Crippen LogP contribution >= 0.6 is 15.9 Å². The molecule has 2 amide bonds. The number of carbonyl (C=O) groups excluding carboxylic acids is 2. The molecule has 7 nitrogen and oxygen atoms in total. The van der Waals surface area contributed by atoms with Crippen molar-refractivity contribution in [3.63, 3.8) is 0 Å². The van der Waals surface area contributed by atoms with Gasteiger partial charge in [-0.15, -0.1) is 0 Å². The van der Waals surface area contributed by atoms with E-state index in [9.17, 15) is 9.59 Å². The van der Waals surface area contributed by atoms with Crippen molar-refractivity contribution < 1.29 is 23.8 Å². The molecule has 166 valence electrons. The molecular weight excluding hydrogens is 464 g/mol. The Morgan fingerprint density at radius 1 is 1.03 bits per heavy atom. The van der Waals surface area contributed by atoms with E-state index in [-0.39, 0.29) is 24.8 Å². The first-order valence-electron chi connectivity index (χ1n) is 10.3. The molecule has 0 radical (unpaired) electrons. The third kappa shape index (κ3) is 6.13. The van der Waals surface area contributed by atoms with Gasteiger partial charge >= 0.3 is 0 Å². The van der Waals surface area contributed by atoms with E-state index in [0.29, 0.717) is 41.6 Å². The Kier molecular flexibility index (Phi) is 8.17. The van der Waals surface area contributed by atoms with E-state index in [4.69, 9.17) is 14.2 Å². The Balaban J connectivity index is 1.73. The molecule has 0 aliphatic carbocycles. The van der Waals surface area contributed by atoms with Gasteiger partial charge in [-0.3, -0.25) is 9.59 Å². The van der Waals surface area contributed by atoms with Gasteiger partial charge in [0, 0.05) is 23.6 Å². The minimum atomic E-state index is -0.255. The first-order chi connectivity index (χ1) is 15.0. The molecule has 0 atom stereocenters. The number of amides is 2. The third-order valence-corrected chi connectivity index (χ3v) is 5.56. The van der Waals surface area contributed by atoms with E-state index in [2.05, 4.69) is 21.2 Å². The molecule has 1 fully saturated rings. The molecule has 2 aromatic carbocycles. The highest BCUT2D eigenvalue weighted by molar-refractivity contribution is 9.10. The Labute approximate surface area is 190 Å². The summed E-state index contributed by atoms with van der Waals surface area (Å²) in [6.07, 6.45) is 3.22. The van der Waals surface area contributed by atoms with Gasteiger partial charge in [-0.05, 0) is 43.5 Å². The minimum Gasteiger partial charge on any atom is -0.493 e. The highest BCUT2D eigenvalue weighted by atomic mass is 79.9. The normalized spacial score (nSPS) is 13.5. The maximum atomic E-state index is 13.1. The van der Waals surface area contributed by atoms with E-state index in [1.165, 1.54) is 14.2 Å². The van der Waals surface area contributed by atoms with E-state index < -0.39 is 0 Å². The number of methoxy groups -OCH3 is 2. The van der Waals surface area contributed by atoms with E-state index in [0.717, 1.165) is 23.7 Å². The van der Waals surface area contributed by atoms with Gasteiger partial charge in [0.05, 0.1) is 38.5 Å². The Bertz CT molecular complexity index is 928. The average Bonchev–Trinajstić information content (AvgIpc) is 2.79. The van der Waals surface area contributed by atoms with Gasteiger partial charge in [-0.2, -0.15) is 0 Å². The van der Waals surface area contributed by atoms with E-state index in [1.54, 1.807) is 12.1 Å². The summed E-state index contributed by atoms with van der Waals surface area (Å²) in [6, 6.07) is 10.7. The summed E-state index contributed by atoms with van der Waals surface area (Å²) in [5.74, 6) is 1.18. The van der Waals surface area contributed by atoms with Gasteiger partial charge in [-0.25, -0.2) is 0 Å². The van der Waals surface area contributed by atoms with Crippen molar-refractivity contribution >= 4 is 33.4 Å². The van der Waals surface area contributed by atoms with E-state index in [1.807, 2.05) is 29.2 Å². The molecule has 1 N–H and O–H groups in total. The standard InChI is InChI=1S/C23H27BrN2O5/c1-29-20-14-18(23(28)26-10-4-3-5-11-26)19(15-21(20)30-2)25-22(27)9-12-31-17-8-6-7-16(24)13-17/h6-8,13-15H,3-5,9-12H2,1-2H3,(H,25,27). The minimum absolute atomic E-state index is 0.124. The number of likely N-dealkylation sites (tertiary alicyclic amines) is 1. The van der Waals surface area contributed by atoms with Crippen LogP contribution in [0.25, 0.3) is 0 Å². The van der Waals surface area contributed by atoms with Crippen molar-refractivity contribution in [1.29, 1.82) is 0 Å². The van der Waals surface area contributed by atoms with Crippen LogP contribution in [-0.2, 0) is 4.79 Å². The number of hydrogen-bond donors (Lipinski definition) is 1. The van der Waals surface area contributed by atoms with Crippen molar-refractivity contribution in [3.8, 4) is 17.2 Å². The lowest BCUT2D eigenvalue weighted by Crippen LogP contribution is -2.36. The number of nitrogens with one attached hydrogen (secondary N) is 1. The number of anilines is 1. The zero-order valence-corrected chi connectivity index (χ0v) is 19.4. The van der Waals surface area contributed by atoms with Gasteiger partial charge in [0.2, 0.25) is 5.91 Å². The molecule has 31 heavy (non-hydrogen) atoms. The second-order valence-electron chi connectivity index (χ2n) is 7.21. The molecule has 1 aliphatic rings. The number of piperidine rings is 1. The molecule has 3 rings (SSSR count). The average molecular weight is 491 g/mol. The zero-order valence-electron chi connectivity index (χ0n) is 17.8. The Morgan fingerprint density at radius 2 is 1.74 bits per heavy atom. The summed E-state index contributed by atoms with van der Waals surface area (Å²) in [6.45, 7) is 1.63. The number of benzene rings is 2. The van der Waals surface area contributed by atoms with Crippen LogP contribution in [0.5, 0.6) is 17.2 Å². The Hall–Kier alpha value is -2.74. The topological polar surface area (TPSA) is 77.1 Å². The summed E-state index contributed by atoms with van der Waals surface area (Å²) >= 11 is 3.39. The van der Waals surface area contributed by atoms with Gasteiger partial charge in [0.15, 0.2) is 11.5 Å². The second kappa shape index (κ2) is 11.0. The number of rotatable bonds is 8. The van der Waals surface area contributed by atoms with Crippen molar-refractivity contribution in [2.75, 3.05) is 39.2 Å². The summed E-state index contributed by atoms with van der Waals surface area (Å²) in [5.41, 5.74) is 0.793. The molecule has 2 aromatic rings. The van der Waals surface area contributed by atoms with Crippen LogP contribution in [0.2, 0.25) is 0 Å². The molecule has 0 spiro atoms. The van der Waals surface area contributed by atoms with Crippen LogP contribution in [0.4, 0.5) is 5.69 Å². The Morgan fingerprint density at radius 3 is 2.42 bits per heavy atom. The molecule has 8 heteroatoms. The highest BCUT2D eigenvalue weighted by Gasteiger charge is 2.24. The molecule has 0 unspecified atom stereocenters. The lowest BCUT2D eigenvalue weighted by Gasteiger charge is -2.28. The molecule has 0 saturated carbocycles. The van der Waals surface area contributed by atoms with Crippen LogP contribution in [0, 0.1) is 0 Å². The second-order valence-corrected chi connectivity index (χ2v) is 8.13. The van der Waals surface area contributed by atoms with Crippen LogP contribution in [0.3, 0.4) is 0 Å². The molecule has 0 bridgehead atoms. The van der Waals surface area contributed by atoms with Gasteiger partial charge < -0.3 is 24.4 Å². The molecule has 1 heterocycles. The SMILES string of the molecule is COc1cc(NC(=O)CCOc2cccc(Br)c2)c(C(=O)N2CCCCC2)cc1OC. The zero-order chi connectivity index (χ0) is 22.2. The van der Waals surface area contributed by atoms with Crippen LogP contribution < -0.4 is 19.5 Å². The smallest absolute Gasteiger partial charge is 0.256 e. The quantitative estimate of drug-likeness (QED) is 0.589. The molecule has 0 aromatic heterocycles. The fraction of sp³-hybridized carbons (Fsp3) is 0.391. The number of ether oxygens (including phenoxy) is 3. The van der Waals surface area contributed by atoms with Crippen LogP contribution in [0.15, 0.2) is 40.9 Å². The first-order valence-corrected chi connectivity index (χ1v) is 11.0. The lowest BCUT2D eigenvalue weighted by atomic mass is 10.1. The number of nitrogens with zero attached hydrogens (tertiary/aromatic N) is 1. The molecular formula is C23H27BrN2O5. The summed E-state index contributed by atoms with van der Waals surface area (Å²) in [5, 5.41) is 2.84. The predicted molar refractivity (Wildman–Crippen MR) is 122 cm³/mol. The predicted octanol–water partition coefficient (Wildman–Crippen LogP) is 4.50. The summed E-state index contributed by atoms with van der Waals surface area (Å²) < 4.78 is 17.3. The molecule has 1 saturated heterocycles. The van der Waals surface area contributed by atoms with Crippen molar-refractivity contribution in [1.82, 2.24) is 4.90 Å². The van der Waals surface area contributed by atoms with Gasteiger partial charge in [0.1, 0.15) is 5.75 Å².